The summed E-state index contributed by atoms with van der Waals surface area (Å²) < 4.78 is 32.7. The lowest BCUT2D eigenvalue weighted by molar-refractivity contribution is -0.777. The highest BCUT2D eigenvalue weighted by atomic mass is 32.2. The number of hydrogen-bond donors (Lipinski definition) is 1. The maximum Gasteiger partial charge on any atom is 0.397 e. The quantitative estimate of drug-likeness (QED) is 0.329. The summed E-state index contributed by atoms with van der Waals surface area (Å²) in [6.07, 6.45) is 16.1. The maximum absolute atomic E-state index is 14.4. The first kappa shape index (κ1) is 23.2. The normalized spacial score (nSPS) is 23.8. The van der Waals surface area contributed by atoms with Crippen molar-refractivity contribution in [2.24, 2.45) is 17.8 Å². The lowest BCUT2D eigenvalue weighted by Crippen LogP contribution is -2.66. The number of carbonyl (C=O) groups is 1. The minimum absolute atomic E-state index is 0.240. The van der Waals surface area contributed by atoms with Gasteiger partial charge in [0.05, 0.1) is 0 Å². The van der Waals surface area contributed by atoms with E-state index >= 15 is 0 Å². The zero-order chi connectivity index (χ0) is 20.7. The molecule has 0 aromatic heterocycles. The van der Waals surface area contributed by atoms with E-state index in [4.69, 9.17) is 0 Å². The highest BCUT2D eigenvalue weighted by Gasteiger charge is 2.55. The van der Waals surface area contributed by atoms with E-state index < -0.39 is 28.7 Å². The number of carbonyl (C=O) groups excluding carboxylic acids is 1. The lowest BCUT2D eigenvalue weighted by Gasteiger charge is -2.55. The third-order valence-corrected chi connectivity index (χ3v) is 8.12. The lowest BCUT2D eigenvalue weighted by atomic mass is 9.56. The second-order valence-electron chi connectivity index (χ2n) is 9.13. The van der Waals surface area contributed by atoms with Crippen molar-refractivity contribution in [1.82, 2.24) is 5.32 Å². The van der Waals surface area contributed by atoms with Gasteiger partial charge in [-0.1, -0.05) is 57.8 Å². The van der Waals surface area contributed by atoms with Crippen LogP contribution in [0.1, 0.15) is 96.3 Å². The second kappa shape index (κ2) is 10.7. The highest BCUT2D eigenvalue weighted by Crippen LogP contribution is 2.51. The maximum atomic E-state index is 14.4. The molecule has 0 unspecified atom stereocenters. The summed E-state index contributed by atoms with van der Waals surface area (Å²) >= 11 is -0.513. The van der Waals surface area contributed by atoms with Crippen molar-refractivity contribution in [1.29, 1.82) is 0 Å². The summed E-state index contributed by atoms with van der Waals surface area (Å²) in [6, 6.07) is 0. The minimum Gasteiger partial charge on any atom is -0.691 e. The summed E-state index contributed by atoms with van der Waals surface area (Å²) in [5.41, 5.74) is -0.583. The smallest absolute Gasteiger partial charge is 0.397 e. The van der Waals surface area contributed by atoms with Crippen LogP contribution in [-0.2, 0) is 14.2 Å². The molecule has 168 valence electrons. The van der Waals surface area contributed by atoms with Gasteiger partial charge in [0.25, 0.3) is 0 Å². The first-order chi connectivity index (χ1) is 14.0. The standard InChI is InChI=1S/C21H35F2NO4S/c22-21(23,29-28-27-26)19(25)24-20(16-10-4-1-5-11-16,17-12-6-2-7-13-17)18-14-8-3-9-15-18/h16-18,26H,1-15H2,(H,24,25)/p-1. The molecule has 3 rings (SSSR count). The Bertz CT molecular complexity index is 473. The van der Waals surface area contributed by atoms with E-state index in [1.54, 1.807) is 0 Å². The summed E-state index contributed by atoms with van der Waals surface area (Å²) in [6.45, 7) is 0. The number of nitrogens with one attached hydrogen (secondary N) is 1. The molecule has 0 heterocycles. The molecule has 0 bridgehead atoms. The van der Waals surface area contributed by atoms with Crippen LogP contribution in [-0.4, -0.2) is 16.7 Å². The summed E-state index contributed by atoms with van der Waals surface area (Å²) in [5.74, 6) is -0.627. The van der Waals surface area contributed by atoms with Gasteiger partial charge in [0, 0.05) is 5.54 Å². The van der Waals surface area contributed by atoms with E-state index in [2.05, 4.69) is 14.7 Å². The van der Waals surface area contributed by atoms with Crippen LogP contribution >= 0.6 is 12.0 Å². The van der Waals surface area contributed by atoms with Crippen LogP contribution in [0.2, 0.25) is 0 Å². The molecule has 3 saturated carbocycles. The van der Waals surface area contributed by atoms with Gasteiger partial charge in [0.1, 0.15) is 12.0 Å². The van der Waals surface area contributed by atoms with Crippen LogP contribution in [0.15, 0.2) is 0 Å². The van der Waals surface area contributed by atoms with Gasteiger partial charge in [0.15, 0.2) is 0 Å². The van der Waals surface area contributed by atoms with E-state index in [0.29, 0.717) is 0 Å². The molecule has 0 aromatic carbocycles. The Morgan fingerprint density at radius 2 is 1.17 bits per heavy atom. The molecule has 1 amide bonds. The molecule has 1 N–H and O–H groups in total. The van der Waals surface area contributed by atoms with Gasteiger partial charge in [-0.2, -0.15) is 13.1 Å². The molecule has 0 spiro atoms. The Morgan fingerprint density at radius 1 is 0.793 bits per heavy atom. The highest BCUT2D eigenvalue weighted by molar-refractivity contribution is 7.96. The molecule has 0 aromatic rings. The van der Waals surface area contributed by atoms with Gasteiger partial charge in [-0.3, -0.25) is 9.83 Å². The van der Waals surface area contributed by atoms with Crippen molar-refractivity contribution in [3.8, 4) is 0 Å². The van der Waals surface area contributed by atoms with Crippen LogP contribution in [0.4, 0.5) is 8.78 Å². The molecular formula is C21H34F2NO4S-. The van der Waals surface area contributed by atoms with Crippen molar-refractivity contribution in [2.45, 2.75) is 107 Å². The number of amides is 1. The molecule has 3 fully saturated rings. The van der Waals surface area contributed by atoms with Crippen LogP contribution < -0.4 is 10.6 Å². The van der Waals surface area contributed by atoms with Crippen LogP contribution in [0.5, 0.6) is 0 Å². The topological polar surface area (TPSA) is 70.6 Å². The number of rotatable bonds is 8. The van der Waals surface area contributed by atoms with Crippen molar-refractivity contribution in [3.63, 3.8) is 0 Å². The molecule has 3 aliphatic rings. The third kappa shape index (κ3) is 5.43. The third-order valence-electron chi connectivity index (χ3n) is 7.60. The molecule has 0 atom stereocenters. The Morgan fingerprint density at radius 3 is 1.52 bits per heavy atom. The number of alkyl halides is 2. The molecule has 0 aliphatic heterocycles. The minimum atomic E-state index is -3.87. The Hall–Kier alpha value is -0.440. The SMILES string of the molecule is O=C(NC(C1CCCCC1)(C1CCCCC1)C1CCCCC1)C(F)(F)SOO[O-]. The summed E-state index contributed by atoms with van der Waals surface area (Å²) in [5, 5.41) is 12.2. The average Bonchev–Trinajstić information content (AvgIpc) is 2.77. The fourth-order valence-corrected chi connectivity index (χ4v) is 6.65. The van der Waals surface area contributed by atoms with Crippen molar-refractivity contribution in [2.75, 3.05) is 0 Å². The molecule has 29 heavy (non-hydrogen) atoms. The molecular weight excluding hydrogens is 400 g/mol. The summed E-state index contributed by atoms with van der Waals surface area (Å²) in [4.78, 5) is 12.8. The molecule has 3 aliphatic carbocycles. The Labute approximate surface area is 176 Å². The predicted molar refractivity (Wildman–Crippen MR) is 105 cm³/mol. The average molecular weight is 435 g/mol. The molecule has 8 heteroatoms. The van der Waals surface area contributed by atoms with Crippen molar-refractivity contribution >= 4 is 17.9 Å². The zero-order valence-corrected chi connectivity index (χ0v) is 18.0. The van der Waals surface area contributed by atoms with E-state index in [-0.39, 0.29) is 17.8 Å². The van der Waals surface area contributed by atoms with Crippen LogP contribution in [0.25, 0.3) is 0 Å². The van der Waals surface area contributed by atoms with Crippen LogP contribution in [0.3, 0.4) is 0 Å². The second-order valence-corrected chi connectivity index (χ2v) is 9.94. The van der Waals surface area contributed by atoms with Gasteiger partial charge in [-0.05, 0) is 56.3 Å². The van der Waals surface area contributed by atoms with E-state index in [1.165, 1.54) is 19.3 Å². The largest absolute Gasteiger partial charge is 0.691 e. The van der Waals surface area contributed by atoms with Crippen molar-refractivity contribution in [3.05, 3.63) is 0 Å². The van der Waals surface area contributed by atoms with Gasteiger partial charge >= 0.3 is 11.2 Å². The van der Waals surface area contributed by atoms with E-state index in [9.17, 15) is 18.8 Å². The van der Waals surface area contributed by atoms with Gasteiger partial charge < -0.3 is 10.6 Å². The van der Waals surface area contributed by atoms with Gasteiger partial charge in [-0.15, -0.1) is 0 Å². The zero-order valence-electron chi connectivity index (χ0n) is 17.1. The van der Waals surface area contributed by atoms with E-state index in [0.717, 1.165) is 77.0 Å². The van der Waals surface area contributed by atoms with Gasteiger partial charge in [-0.25, -0.2) is 0 Å². The van der Waals surface area contributed by atoms with Crippen molar-refractivity contribution < 1.29 is 28.2 Å². The first-order valence-corrected chi connectivity index (χ1v) is 12.1. The predicted octanol–water partition coefficient (Wildman–Crippen LogP) is 5.05. The number of hydrogen-bond acceptors (Lipinski definition) is 5. The first-order valence-electron chi connectivity index (χ1n) is 11.4. The molecule has 0 radical (unpaired) electrons. The van der Waals surface area contributed by atoms with Crippen LogP contribution in [0, 0.1) is 17.8 Å². The monoisotopic (exact) mass is 434 g/mol. The van der Waals surface area contributed by atoms with E-state index in [1.807, 2.05) is 0 Å². The Kier molecular flexibility index (Phi) is 8.60. The van der Waals surface area contributed by atoms with Gasteiger partial charge in [0.2, 0.25) is 0 Å². The fraction of sp³-hybridized carbons (Fsp3) is 0.952. The Balaban J connectivity index is 1.93. The number of halogens is 2. The molecule has 5 nitrogen and oxygen atoms in total. The molecule has 0 saturated heterocycles. The summed E-state index contributed by atoms with van der Waals surface area (Å²) in [7, 11) is 0. The fourth-order valence-electron chi connectivity index (χ4n) is 6.41.